The van der Waals surface area contributed by atoms with Gasteiger partial charge in [-0.2, -0.15) is 5.10 Å². The average Bonchev–Trinajstić information content (AvgIpc) is 2.85. The molecule has 0 spiro atoms. The number of carboxylic acids is 2. The first-order chi connectivity index (χ1) is 11.4. The van der Waals surface area contributed by atoms with Crippen LogP contribution in [0.4, 0.5) is 0 Å². The molecule has 0 bridgehead atoms. The van der Waals surface area contributed by atoms with Crippen molar-refractivity contribution in [2.24, 2.45) is 10.2 Å². The number of nitrogens with zero attached hydrogens (tertiary/aromatic N) is 2. The fourth-order valence-corrected chi connectivity index (χ4v) is 2.83. The third-order valence-corrected chi connectivity index (χ3v) is 4.17. The molecule has 0 saturated carbocycles. The summed E-state index contributed by atoms with van der Waals surface area (Å²) in [6.45, 7) is 0. The van der Waals surface area contributed by atoms with Crippen LogP contribution in [0.15, 0.2) is 34.5 Å². The van der Waals surface area contributed by atoms with Crippen molar-refractivity contribution in [2.45, 2.75) is 24.5 Å². The summed E-state index contributed by atoms with van der Waals surface area (Å²) in [5.74, 6) is -2.27. The molecule has 24 heavy (non-hydrogen) atoms. The van der Waals surface area contributed by atoms with E-state index in [0.717, 1.165) is 22.9 Å². The van der Waals surface area contributed by atoms with Crippen molar-refractivity contribution in [3.8, 4) is 0 Å². The van der Waals surface area contributed by atoms with Crippen molar-refractivity contribution < 1.29 is 24.6 Å². The molecule has 9 heteroatoms. The molecular weight excluding hydrogens is 334 g/mol. The molecule has 1 aliphatic rings. The van der Waals surface area contributed by atoms with E-state index in [1.165, 1.54) is 6.21 Å². The number of aryl methyl sites for hydroxylation is 1. The van der Waals surface area contributed by atoms with E-state index in [0.29, 0.717) is 6.42 Å². The van der Waals surface area contributed by atoms with E-state index < -0.39 is 17.2 Å². The van der Waals surface area contributed by atoms with E-state index >= 15 is 0 Å². The molecule has 1 aromatic rings. The number of benzene rings is 1. The van der Waals surface area contributed by atoms with Gasteiger partial charge in [0.25, 0.3) is 0 Å². The van der Waals surface area contributed by atoms with Gasteiger partial charge in [0.15, 0.2) is 5.17 Å². The third-order valence-electron chi connectivity index (χ3n) is 3.10. The molecule has 0 aromatic heterocycles. The first kappa shape index (κ1) is 17.7. The first-order valence-electron chi connectivity index (χ1n) is 7.05. The number of amides is 1. The second-order valence-electron chi connectivity index (χ2n) is 4.98. The largest absolute Gasteiger partial charge is 0.481 e. The van der Waals surface area contributed by atoms with Crippen LogP contribution in [-0.2, 0) is 20.8 Å². The summed E-state index contributed by atoms with van der Waals surface area (Å²) in [7, 11) is 0. The number of aliphatic carboxylic acids is 2. The number of carbonyl (C=O) groups is 3. The van der Waals surface area contributed by atoms with E-state index in [2.05, 4.69) is 15.5 Å². The van der Waals surface area contributed by atoms with Gasteiger partial charge >= 0.3 is 11.9 Å². The number of hydrogen-bond acceptors (Lipinski definition) is 6. The first-order valence-corrected chi connectivity index (χ1v) is 7.93. The molecule has 1 heterocycles. The second-order valence-corrected chi connectivity index (χ2v) is 6.17. The zero-order chi connectivity index (χ0) is 17.5. The standard InChI is InChI=1S/C15H15N3O5S/c19-12(20)6-5-9-1-3-10(4-2-9)8-16-18-15-17-14(23)11(24-15)7-13(21)22/h1-4,8,11H,5-7H2,(H,19,20)(H,21,22)(H,17,18,23). The van der Waals surface area contributed by atoms with E-state index in [4.69, 9.17) is 10.2 Å². The lowest BCUT2D eigenvalue weighted by Crippen LogP contribution is -2.26. The molecule has 0 aliphatic carbocycles. The minimum atomic E-state index is -1.05. The van der Waals surface area contributed by atoms with Crippen molar-refractivity contribution in [3.05, 3.63) is 35.4 Å². The van der Waals surface area contributed by atoms with Crippen LogP contribution >= 0.6 is 11.8 Å². The van der Waals surface area contributed by atoms with Crippen LogP contribution in [0.25, 0.3) is 0 Å². The summed E-state index contributed by atoms with van der Waals surface area (Å²) in [4.78, 5) is 32.7. The Labute approximate surface area is 141 Å². The predicted molar refractivity (Wildman–Crippen MR) is 89.2 cm³/mol. The SMILES string of the molecule is O=C(O)CCc1ccc(C=NN=C2NC(=O)C(CC(=O)O)S2)cc1. The summed E-state index contributed by atoms with van der Waals surface area (Å²) in [6.07, 6.45) is 1.76. The fourth-order valence-electron chi connectivity index (χ4n) is 1.91. The normalized spacial score (nSPS) is 18.9. The number of hydrogen-bond donors (Lipinski definition) is 3. The van der Waals surface area contributed by atoms with Gasteiger partial charge in [-0.05, 0) is 17.5 Å². The lowest BCUT2D eigenvalue weighted by atomic mass is 10.1. The highest BCUT2D eigenvalue weighted by Crippen LogP contribution is 2.22. The zero-order valence-corrected chi connectivity index (χ0v) is 13.3. The third kappa shape index (κ3) is 5.51. The Morgan fingerprint density at radius 1 is 1.21 bits per heavy atom. The molecule has 8 nitrogen and oxygen atoms in total. The van der Waals surface area contributed by atoms with Crippen LogP contribution in [0.2, 0.25) is 0 Å². The van der Waals surface area contributed by atoms with Crippen LogP contribution < -0.4 is 5.32 Å². The Balaban J connectivity index is 1.90. The van der Waals surface area contributed by atoms with Crippen LogP contribution in [0.3, 0.4) is 0 Å². The molecule has 126 valence electrons. The van der Waals surface area contributed by atoms with E-state index in [9.17, 15) is 14.4 Å². The summed E-state index contributed by atoms with van der Waals surface area (Å²) in [5.41, 5.74) is 1.69. The lowest BCUT2D eigenvalue weighted by molar-refractivity contribution is -0.138. The van der Waals surface area contributed by atoms with Gasteiger partial charge in [0.2, 0.25) is 5.91 Å². The Morgan fingerprint density at radius 2 is 1.92 bits per heavy atom. The minimum absolute atomic E-state index is 0.0789. The van der Waals surface area contributed by atoms with Gasteiger partial charge in [-0.25, -0.2) is 0 Å². The number of carbonyl (C=O) groups excluding carboxylic acids is 1. The van der Waals surface area contributed by atoms with Gasteiger partial charge < -0.3 is 15.5 Å². The van der Waals surface area contributed by atoms with Gasteiger partial charge in [0.05, 0.1) is 12.6 Å². The van der Waals surface area contributed by atoms with Crippen LogP contribution in [0.5, 0.6) is 0 Å². The van der Waals surface area contributed by atoms with Crippen LogP contribution in [0, 0.1) is 0 Å². The fraction of sp³-hybridized carbons (Fsp3) is 0.267. The molecule has 1 unspecified atom stereocenters. The highest BCUT2D eigenvalue weighted by molar-refractivity contribution is 8.15. The topological polar surface area (TPSA) is 128 Å². The van der Waals surface area contributed by atoms with Crippen LogP contribution in [-0.4, -0.2) is 44.7 Å². The molecule has 1 saturated heterocycles. The van der Waals surface area contributed by atoms with Crippen molar-refractivity contribution in [3.63, 3.8) is 0 Å². The number of rotatable bonds is 7. The summed E-state index contributed by atoms with van der Waals surface area (Å²) >= 11 is 1.03. The average molecular weight is 349 g/mol. The maximum Gasteiger partial charge on any atom is 0.305 e. The minimum Gasteiger partial charge on any atom is -0.481 e. The monoisotopic (exact) mass is 349 g/mol. The Kier molecular flexibility index (Phi) is 6.07. The quantitative estimate of drug-likeness (QED) is 0.499. The molecule has 1 fully saturated rings. The maximum atomic E-state index is 11.5. The lowest BCUT2D eigenvalue weighted by Gasteiger charge is -1.99. The Morgan fingerprint density at radius 3 is 2.54 bits per heavy atom. The Bertz CT molecular complexity index is 700. The molecule has 0 radical (unpaired) electrons. The maximum absolute atomic E-state index is 11.5. The number of carboxylic acid groups (broad SMARTS) is 2. The molecule has 3 N–H and O–H groups in total. The van der Waals surface area contributed by atoms with Gasteiger partial charge in [-0.15, -0.1) is 5.10 Å². The van der Waals surface area contributed by atoms with E-state index in [1.807, 2.05) is 12.1 Å². The Hall–Kier alpha value is -2.68. The van der Waals surface area contributed by atoms with Crippen molar-refractivity contribution in [1.29, 1.82) is 0 Å². The second kappa shape index (κ2) is 8.25. The smallest absolute Gasteiger partial charge is 0.305 e. The van der Waals surface area contributed by atoms with Crippen molar-refractivity contribution >= 4 is 41.0 Å². The molecule has 1 aliphatic heterocycles. The summed E-state index contributed by atoms with van der Waals surface area (Å²) < 4.78 is 0. The summed E-state index contributed by atoms with van der Waals surface area (Å²) in [5, 5.41) is 27.1. The van der Waals surface area contributed by atoms with Gasteiger partial charge in [0.1, 0.15) is 5.25 Å². The van der Waals surface area contributed by atoms with E-state index in [-0.39, 0.29) is 23.9 Å². The predicted octanol–water partition coefficient (Wildman–Crippen LogP) is 1.10. The number of amidine groups is 1. The molecular formula is C15H15N3O5S. The van der Waals surface area contributed by atoms with Gasteiger partial charge in [-0.3, -0.25) is 14.4 Å². The van der Waals surface area contributed by atoms with Crippen molar-refractivity contribution in [2.75, 3.05) is 0 Å². The molecule has 1 amide bonds. The number of nitrogens with one attached hydrogen (secondary N) is 1. The van der Waals surface area contributed by atoms with Crippen molar-refractivity contribution in [1.82, 2.24) is 5.32 Å². The number of thioether (sulfide) groups is 1. The zero-order valence-electron chi connectivity index (χ0n) is 12.5. The van der Waals surface area contributed by atoms with Crippen LogP contribution in [0.1, 0.15) is 24.0 Å². The highest BCUT2D eigenvalue weighted by atomic mass is 32.2. The molecule has 2 rings (SSSR count). The highest BCUT2D eigenvalue weighted by Gasteiger charge is 2.32. The molecule has 1 aromatic carbocycles. The summed E-state index contributed by atoms with van der Waals surface area (Å²) in [6, 6.07) is 7.20. The molecule has 1 atom stereocenters. The van der Waals surface area contributed by atoms with Gasteiger partial charge in [0, 0.05) is 6.42 Å². The van der Waals surface area contributed by atoms with Gasteiger partial charge in [-0.1, -0.05) is 36.0 Å². The van der Waals surface area contributed by atoms with E-state index in [1.54, 1.807) is 12.1 Å².